The molecule has 0 aromatic heterocycles. The number of carboxylic acids is 1. The van der Waals surface area contributed by atoms with Crippen LogP contribution < -0.4 is 5.32 Å². The highest BCUT2D eigenvalue weighted by Crippen LogP contribution is 2.14. The van der Waals surface area contributed by atoms with Crippen molar-refractivity contribution in [2.45, 2.75) is 19.0 Å². The molecule has 0 spiro atoms. The first-order valence-corrected chi connectivity index (χ1v) is 7.11. The highest BCUT2D eigenvalue weighted by Gasteiger charge is 2.16. The van der Waals surface area contributed by atoms with Crippen molar-refractivity contribution >= 4 is 29.3 Å². The van der Waals surface area contributed by atoms with Gasteiger partial charge in [0.15, 0.2) is 0 Å². The second-order valence-corrected chi connectivity index (χ2v) is 5.04. The molecule has 1 rings (SSSR count). The fourth-order valence-corrected chi connectivity index (χ4v) is 2.10. The van der Waals surface area contributed by atoms with Gasteiger partial charge in [0.05, 0.1) is 0 Å². The first-order chi connectivity index (χ1) is 8.15. The molecular weight excluding hydrogens is 258 g/mol. The van der Waals surface area contributed by atoms with Crippen molar-refractivity contribution in [2.24, 2.45) is 0 Å². The third kappa shape index (κ3) is 4.98. The molecule has 0 heterocycles. The molecule has 1 aromatic carbocycles. The molecule has 3 nitrogen and oxygen atoms in total. The van der Waals surface area contributed by atoms with E-state index < -0.39 is 12.0 Å². The zero-order chi connectivity index (χ0) is 12.7. The second kappa shape index (κ2) is 7.58. The van der Waals surface area contributed by atoms with Crippen LogP contribution in [0.25, 0.3) is 0 Å². The van der Waals surface area contributed by atoms with Crippen LogP contribution in [0.5, 0.6) is 0 Å². The van der Waals surface area contributed by atoms with E-state index in [1.54, 1.807) is 17.8 Å². The van der Waals surface area contributed by atoms with Gasteiger partial charge in [0.25, 0.3) is 0 Å². The summed E-state index contributed by atoms with van der Waals surface area (Å²) in [5.74, 6) is 0.0121. The molecule has 0 aliphatic rings. The molecule has 1 atom stereocenters. The van der Waals surface area contributed by atoms with Gasteiger partial charge in [0, 0.05) is 11.6 Å². The maximum Gasteiger partial charge on any atom is 0.320 e. The minimum absolute atomic E-state index is 0.477. The molecule has 0 saturated carbocycles. The number of nitrogens with one attached hydrogen (secondary N) is 1. The fourth-order valence-electron chi connectivity index (χ4n) is 1.42. The van der Waals surface area contributed by atoms with Gasteiger partial charge in [-0.2, -0.15) is 11.8 Å². The van der Waals surface area contributed by atoms with Gasteiger partial charge < -0.3 is 10.4 Å². The maximum atomic E-state index is 11.0. The first kappa shape index (κ1) is 14.4. The van der Waals surface area contributed by atoms with Crippen molar-refractivity contribution in [1.82, 2.24) is 5.32 Å². The van der Waals surface area contributed by atoms with E-state index in [0.717, 1.165) is 11.3 Å². The van der Waals surface area contributed by atoms with Gasteiger partial charge in [-0.3, -0.25) is 4.79 Å². The molecule has 5 heteroatoms. The molecule has 2 N–H and O–H groups in total. The van der Waals surface area contributed by atoms with Crippen molar-refractivity contribution in [3.63, 3.8) is 0 Å². The summed E-state index contributed by atoms with van der Waals surface area (Å²) >= 11 is 7.64. The summed E-state index contributed by atoms with van der Waals surface area (Å²) in [6.45, 7) is 0.477. The third-order valence-corrected chi connectivity index (χ3v) is 3.42. The molecule has 1 aromatic rings. The quantitative estimate of drug-likeness (QED) is 0.802. The Bertz CT molecular complexity index is 373. The molecule has 17 heavy (non-hydrogen) atoms. The van der Waals surface area contributed by atoms with Crippen LogP contribution in [0.15, 0.2) is 24.3 Å². The van der Waals surface area contributed by atoms with Gasteiger partial charge in [0.2, 0.25) is 0 Å². The van der Waals surface area contributed by atoms with Crippen LogP contribution in [-0.4, -0.2) is 29.1 Å². The summed E-state index contributed by atoms with van der Waals surface area (Å²) in [4.78, 5) is 11.0. The average molecular weight is 274 g/mol. The van der Waals surface area contributed by atoms with Crippen molar-refractivity contribution in [1.29, 1.82) is 0 Å². The molecule has 0 aliphatic carbocycles. The summed E-state index contributed by atoms with van der Waals surface area (Å²) in [6.07, 6.45) is 2.58. The zero-order valence-electron chi connectivity index (χ0n) is 9.65. The number of thioether (sulfide) groups is 1. The van der Waals surface area contributed by atoms with Crippen LogP contribution in [0.3, 0.4) is 0 Å². The van der Waals surface area contributed by atoms with Crippen LogP contribution in [0.4, 0.5) is 0 Å². The van der Waals surface area contributed by atoms with Crippen LogP contribution >= 0.6 is 23.4 Å². The molecule has 0 amide bonds. The lowest BCUT2D eigenvalue weighted by Gasteiger charge is -2.14. The van der Waals surface area contributed by atoms with E-state index in [4.69, 9.17) is 16.7 Å². The van der Waals surface area contributed by atoms with E-state index in [0.29, 0.717) is 18.0 Å². The van der Waals surface area contributed by atoms with Crippen LogP contribution in [0, 0.1) is 0 Å². The molecule has 0 bridgehead atoms. The number of rotatable bonds is 7. The Hall–Kier alpha value is -0.710. The lowest BCUT2D eigenvalue weighted by atomic mass is 10.2. The molecule has 0 aliphatic heterocycles. The van der Waals surface area contributed by atoms with Crippen molar-refractivity contribution in [3.8, 4) is 0 Å². The monoisotopic (exact) mass is 273 g/mol. The number of hydrogen-bond donors (Lipinski definition) is 2. The third-order valence-electron chi connectivity index (χ3n) is 2.41. The summed E-state index contributed by atoms with van der Waals surface area (Å²) in [5.41, 5.74) is 0.921. The van der Waals surface area contributed by atoms with Gasteiger partial charge in [-0.15, -0.1) is 0 Å². The molecule has 0 saturated heterocycles. The van der Waals surface area contributed by atoms with Crippen LogP contribution in [-0.2, 0) is 11.3 Å². The minimum Gasteiger partial charge on any atom is -0.480 e. The Labute approximate surface area is 111 Å². The standard InChI is InChI=1S/C12H16ClNO2S/c1-17-7-6-11(12(15)16)14-8-9-4-2-3-5-10(9)13/h2-5,11,14H,6-8H2,1H3,(H,15,16)/t11-/m1/s1. The predicted molar refractivity (Wildman–Crippen MR) is 72.7 cm³/mol. The van der Waals surface area contributed by atoms with Gasteiger partial charge in [-0.25, -0.2) is 0 Å². The highest BCUT2D eigenvalue weighted by atomic mass is 35.5. The Morgan fingerprint density at radius 3 is 2.82 bits per heavy atom. The minimum atomic E-state index is -0.814. The van der Waals surface area contributed by atoms with E-state index in [2.05, 4.69) is 5.32 Å². The molecule has 0 radical (unpaired) electrons. The Morgan fingerprint density at radius 2 is 2.24 bits per heavy atom. The highest BCUT2D eigenvalue weighted by molar-refractivity contribution is 7.98. The summed E-state index contributed by atoms with van der Waals surface area (Å²) in [7, 11) is 0. The number of carboxylic acid groups (broad SMARTS) is 1. The van der Waals surface area contributed by atoms with Gasteiger partial charge >= 0.3 is 5.97 Å². The smallest absolute Gasteiger partial charge is 0.320 e. The number of hydrogen-bond acceptors (Lipinski definition) is 3. The molecule has 0 fully saturated rings. The van der Waals surface area contributed by atoms with E-state index in [1.165, 1.54) is 0 Å². The van der Waals surface area contributed by atoms with E-state index >= 15 is 0 Å². The van der Waals surface area contributed by atoms with Crippen molar-refractivity contribution in [3.05, 3.63) is 34.9 Å². The molecular formula is C12H16ClNO2S. The summed E-state index contributed by atoms with van der Waals surface area (Å²) < 4.78 is 0. The summed E-state index contributed by atoms with van der Waals surface area (Å²) in [6, 6.07) is 6.92. The average Bonchev–Trinajstić information content (AvgIpc) is 2.31. The molecule has 94 valence electrons. The number of carbonyl (C=O) groups is 1. The normalized spacial score (nSPS) is 12.4. The molecule has 0 unspecified atom stereocenters. The maximum absolute atomic E-state index is 11.0. The number of halogens is 1. The van der Waals surface area contributed by atoms with E-state index in [-0.39, 0.29) is 0 Å². The lowest BCUT2D eigenvalue weighted by Crippen LogP contribution is -2.36. The number of benzene rings is 1. The largest absolute Gasteiger partial charge is 0.480 e. The number of aliphatic carboxylic acids is 1. The first-order valence-electron chi connectivity index (χ1n) is 5.33. The Balaban J connectivity index is 2.52. The fraction of sp³-hybridized carbons (Fsp3) is 0.417. The summed E-state index contributed by atoms with van der Waals surface area (Å²) in [5, 5.41) is 12.7. The van der Waals surface area contributed by atoms with E-state index in [1.807, 2.05) is 24.5 Å². The predicted octanol–water partition coefficient (Wildman–Crippen LogP) is 2.64. The second-order valence-electron chi connectivity index (χ2n) is 3.64. The Morgan fingerprint density at radius 1 is 1.53 bits per heavy atom. The van der Waals surface area contributed by atoms with Crippen molar-refractivity contribution in [2.75, 3.05) is 12.0 Å². The van der Waals surface area contributed by atoms with Gasteiger partial charge in [-0.1, -0.05) is 29.8 Å². The van der Waals surface area contributed by atoms with Gasteiger partial charge in [-0.05, 0) is 30.1 Å². The van der Waals surface area contributed by atoms with Crippen LogP contribution in [0.2, 0.25) is 5.02 Å². The zero-order valence-corrected chi connectivity index (χ0v) is 11.2. The van der Waals surface area contributed by atoms with Gasteiger partial charge in [0.1, 0.15) is 6.04 Å². The topological polar surface area (TPSA) is 49.3 Å². The SMILES string of the molecule is CSCC[C@@H](NCc1ccccc1Cl)C(=O)O. The van der Waals surface area contributed by atoms with E-state index in [9.17, 15) is 4.79 Å². The van der Waals surface area contributed by atoms with Crippen LogP contribution in [0.1, 0.15) is 12.0 Å². The Kier molecular flexibility index (Phi) is 6.40. The lowest BCUT2D eigenvalue weighted by molar-refractivity contribution is -0.139. The van der Waals surface area contributed by atoms with Crippen molar-refractivity contribution < 1.29 is 9.90 Å².